The fourth-order valence-electron chi connectivity index (χ4n) is 4.56. The molecule has 0 spiro atoms. The summed E-state index contributed by atoms with van der Waals surface area (Å²) >= 11 is 0. The number of pyridine rings is 2. The summed E-state index contributed by atoms with van der Waals surface area (Å²) in [5, 5.41) is 12.1. The summed E-state index contributed by atoms with van der Waals surface area (Å²) in [6.07, 6.45) is 8.27. The molecule has 4 aromatic rings. The predicted molar refractivity (Wildman–Crippen MR) is 145 cm³/mol. The van der Waals surface area contributed by atoms with Crippen molar-refractivity contribution in [2.75, 3.05) is 7.11 Å². The first-order valence-electron chi connectivity index (χ1n) is 13.0. The third-order valence-electron chi connectivity index (χ3n) is 6.73. The molecule has 8 heteroatoms. The zero-order chi connectivity index (χ0) is 26.4. The van der Waals surface area contributed by atoms with Crippen molar-refractivity contribution in [3.05, 3.63) is 81.2 Å². The van der Waals surface area contributed by atoms with E-state index in [9.17, 15) is 9.59 Å². The molecule has 194 valence electrons. The van der Waals surface area contributed by atoms with Crippen LogP contribution in [0.25, 0.3) is 16.7 Å². The summed E-state index contributed by atoms with van der Waals surface area (Å²) < 4.78 is 8.43. The Morgan fingerprint density at radius 2 is 1.78 bits per heavy atom. The molecule has 4 rings (SSSR count). The Kier molecular flexibility index (Phi) is 8.38. The van der Waals surface area contributed by atoms with Gasteiger partial charge in [0.2, 0.25) is 0 Å². The number of carbonyl (C=O) groups excluding carboxylic acids is 1. The molecule has 0 unspecified atom stereocenters. The Morgan fingerprint density at radius 1 is 1.05 bits per heavy atom. The van der Waals surface area contributed by atoms with Gasteiger partial charge in [0, 0.05) is 19.3 Å². The third kappa shape index (κ3) is 5.74. The Hall–Kier alpha value is -3.94. The molecule has 0 atom stereocenters. The maximum absolute atomic E-state index is 13.5. The van der Waals surface area contributed by atoms with Gasteiger partial charge in [-0.25, -0.2) is 4.98 Å². The first-order valence-corrected chi connectivity index (χ1v) is 13.0. The van der Waals surface area contributed by atoms with E-state index >= 15 is 0 Å². The molecule has 2 N–H and O–H groups in total. The zero-order valence-corrected chi connectivity index (χ0v) is 21.8. The number of nitrogens with one attached hydrogen (secondary N) is 2. The molecule has 0 aliphatic heterocycles. The lowest BCUT2D eigenvalue weighted by Gasteiger charge is -2.15. The van der Waals surface area contributed by atoms with E-state index in [4.69, 9.17) is 15.1 Å². The third-order valence-corrected chi connectivity index (χ3v) is 6.73. The van der Waals surface area contributed by atoms with Crippen LogP contribution < -0.4 is 21.1 Å². The maximum Gasteiger partial charge on any atom is 0.267 e. The molecule has 0 aliphatic carbocycles. The number of carbonyl (C=O) groups is 1. The number of aryl methyl sites for hydroxylation is 2. The van der Waals surface area contributed by atoms with Crippen molar-refractivity contribution in [1.29, 1.82) is 5.41 Å². The van der Waals surface area contributed by atoms with E-state index in [-0.39, 0.29) is 16.6 Å². The fourth-order valence-corrected chi connectivity index (χ4v) is 4.56. The minimum atomic E-state index is -0.395. The lowest BCUT2D eigenvalue weighted by atomic mass is 10.1. The van der Waals surface area contributed by atoms with Crippen molar-refractivity contribution < 1.29 is 9.53 Å². The first kappa shape index (κ1) is 26.1. The van der Waals surface area contributed by atoms with Crippen molar-refractivity contribution in [3.63, 3.8) is 0 Å². The second-order valence-electron chi connectivity index (χ2n) is 9.40. The monoisotopic (exact) mass is 501 g/mol. The zero-order valence-electron chi connectivity index (χ0n) is 21.8. The van der Waals surface area contributed by atoms with Crippen LogP contribution in [0.15, 0.2) is 53.5 Å². The van der Waals surface area contributed by atoms with Gasteiger partial charge in [0.1, 0.15) is 22.5 Å². The highest BCUT2D eigenvalue weighted by Gasteiger charge is 2.18. The van der Waals surface area contributed by atoms with Crippen molar-refractivity contribution >= 4 is 22.6 Å². The van der Waals surface area contributed by atoms with Gasteiger partial charge in [0.15, 0.2) is 0 Å². The molecule has 0 bridgehead atoms. The van der Waals surface area contributed by atoms with E-state index < -0.39 is 5.91 Å². The van der Waals surface area contributed by atoms with Gasteiger partial charge in [0.05, 0.1) is 18.1 Å². The number of nitrogens with zero attached hydrogens (tertiary/aromatic N) is 3. The number of ether oxygens (including phenoxy) is 1. The molecule has 3 aromatic heterocycles. The van der Waals surface area contributed by atoms with Crippen LogP contribution in [-0.4, -0.2) is 27.0 Å². The van der Waals surface area contributed by atoms with Crippen LogP contribution in [-0.2, 0) is 13.1 Å². The molecular weight excluding hydrogens is 466 g/mol. The molecule has 1 amide bonds. The van der Waals surface area contributed by atoms with Crippen LogP contribution >= 0.6 is 0 Å². The van der Waals surface area contributed by atoms with E-state index in [0.29, 0.717) is 29.8 Å². The van der Waals surface area contributed by atoms with Crippen molar-refractivity contribution in [2.45, 2.75) is 65.5 Å². The second-order valence-corrected chi connectivity index (χ2v) is 9.40. The Balaban J connectivity index is 1.71. The van der Waals surface area contributed by atoms with E-state index in [1.54, 1.807) is 17.9 Å². The smallest absolute Gasteiger partial charge is 0.267 e. The van der Waals surface area contributed by atoms with Gasteiger partial charge in [-0.3, -0.25) is 19.4 Å². The summed E-state index contributed by atoms with van der Waals surface area (Å²) in [4.78, 5) is 31.5. The minimum absolute atomic E-state index is 0.0677. The van der Waals surface area contributed by atoms with Crippen LogP contribution in [0.3, 0.4) is 0 Å². The average Bonchev–Trinajstić information content (AvgIpc) is 2.91. The molecular formula is C29H35N5O3. The van der Waals surface area contributed by atoms with Gasteiger partial charge >= 0.3 is 0 Å². The fraction of sp³-hybridized carbons (Fsp3) is 0.379. The second kappa shape index (κ2) is 11.9. The van der Waals surface area contributed by atoms with Crippen LogP contribution in [0.2, 0.25) is 0 Å². The lowest BCUT2D eigenvalue weighted by Crippen LogP contribution is -2.35. The first-order chi connectivity index (χ1) is 17.9. The van der Waals surface area contributed by atoms with Crippen LogP contribution in [0.1, 0.15) is 66.9 Å². The molecule has 0 fully saturated rings. The van der Waals surface area contributed by atoms with Gasteiger partial charge in [-0.2, -0.15) is 0 Å². The van der Waals surface area contributed by atoms with Gasteiger partial charge < -0.3 is 14.6 Å². The topological polar surface area (TPSA) is 101 Å². The SMILES string of the molecule is CCCCCCCCn1c(=N)c(C(=O)NCc2ccc(OC)cc2)cc2c(=O)n3cccc(C)c3nc21. The number of unbranched alkanes of at least 4 members (excludes halogenated alkanes) is 5. The summed E-state index contributed by atoms with van der Waals surface area (Å²) in [6, 6.07) is 12.7. The van der Waals surface area contributed by atoms with E-state index in [0.717, 1.165) is 36.1 Å². The summed E-state index contributed by atoms with van der Waals surface area (Å²) in [5.74, 6) is 0.345. The predicted octanol–water partition coefficient (Wildman–Crippen LogP) is 4.74. The van der Waals surface area contributed by atoms with Gasteiger partial charge in [-0.05, 0) is 48.7 Å². The Morgan fingerprint density at radius 3 is 2.51 bits per heavy atom. The normalized spacial score (nSPS) is 11.2. The number of methoxy groups -OCH3 is 1. The molecule has 0 aliphatic rings. The summed E-state index contributed by atoms with van der Waals surface area (Å²) in [7, 11) is 1.61. The van der Waals surface area contributed by atoms with E-state index in [1.807, 2.05) is 43.3 Å². The number of rotatable bonds is 11. The molecule has 8 nitrogen and oxygen atoms in total. The summed E-state index contributed by atoms with van der Waals surface area (Å²) in [6.45, 7) is 4.92. The van der Waals surface area contributed by atoms with Gasteiger partial charge in [-0.1, -0.05) is 57.2 Å². The van der Waals surface area contributed by atoms with Gasteiger partial charge in [0.25, 0.3) is 11.5 Å². The number of hydrogen-bond donors (Lipinski definition) is 2. The molecule has 0 saturated carbocycles. The van der Waals surface area contributed by atoms with E-state index in [1.165, 1.54) is 29.7 Å². The van der Waals surface area contributed by atoms with Crippen molar-refractivity contribution in [2.24, 2.45) is 0 Å². The van der Waals surface area contributed by atoms with Crippen LogP contribution in [0.5, 0.6) is 5.75 Å². The van der Waals surface area contributed by atoms with Crippen LogP contribution in [0.4, 0.5) is 0 Å². The Labute approximate surface area is 216 Å². The molecule has 0 radical (unpaired) electrons. The highest BCUT2D eigenvalue weighted by Crippen LogP contribution is 2.15. The molecule has 0 saturated heterocycles. The van der Waals surface area contributed by atoms with Crippen LogP contribution in [0, 0.1) is 12.3 Å². The molecule has 1 aromatic carbocycles. The number of amides is 1. The van der Waals surface area contributed by atoms with E-state index in [2.05, 4.69) is 12.2 Å². The minimum Gasteiger partial charge on any atom is -0.497 e. The number of benzene rings is 1. The average molecular weight is 502 g/mol. The molecule has 3 heterocycles. The standard InChI is InChI=1S/C29H35N5O3/c1-4-5-6-7-8-9-16-33-25(30)23(28(35)31-19-21-12-14-22(37-3)15-13-21)18-24-27(33)32-26-20(2)11-10-17-34(26)29(24)36/h10-15,17-18,30H,4-9,16,19H2,1-3H3,(H,31,35). The van der Waals surface area contributed by atoms with Gasteiger partial charge in [-0.15, -0.1) is 0 Å². The summed E-state index contributed by atoms with van der Waals surface area (Å²) in [5.41, 5.74) is 2.78. The highest BCUT2D eigenvalue weighted by atomic mass is 16.5. The largest absolute Gasteiger partial charge is 0.497 e. The van der Waals surface area contributed by atoms with Crippen molar-refractivity contribution in [1.82, 2.24) is 19.3 Å². The number of hydrogen-bond acceptors (Lipinski definition) is 5. The highest BCUT2D eigenvalue weighted by molar-refractivity contribution is 5.96. The quantitative estimate of drug-likeness (QED) is 0.229. The van der Waals surface area contributed by atoms with Crippen molar-refractivity contribution in [3.8, 4) is 5.75 Å². The number of aromatic nitrogens is 3. The maximum atomic E-state index is 13.5. The lowest BCUT2D eigenvalue weighted by molar-refractivity contribution is 0.0948. The number of fused-ring (bicyclic) bond motifs is 2. The molecule has 37 heavy (non-hydrogen) atoms. The Bertz CT molecular complexity index is 1520.